The quantitative estimate of drug-likeness (QED) is 0.841. The molecule has 1 N–H and O–H groups in total. The van der Waals surface area contributed by atoms with Crippen molar-refractivity contribution in [3.8, 4) is 0 Å². The van der Waals surface area contributed by atoms with Crippen molar-refractivity contribution in [3.05, 3.63) is 22.6 Å². The zero-order chi connectivity index (χ0) is 9.47. The first-order chi connectivity index (χ1) is 6.07. The average Bonchev–Trinajstić information content (AvgIpc) is 2.56. The summed E-state index contributed by atoms with van der Waals surface area (Å²) in [7, 11) is 0. The van der Waals surface area contributed by atoms with E-state index in [-0.39, 0.29) is 5.54 Å². The summed E-state index contributed by atoms with van der Waals surface area (Å²) in [4.78, 5) is 0. The third kappa shape index (κ3) is 2.11. The number of rotatable bonds is 1. The maximum Gasteiger partial charge on any atom is 0.169 e. The summed E-state index contributed by atoms with van der Waals surface area (Å²) in [6, 6.07) is 3.94. The Morgan fingerprint density at radius 2 is 2.38 bits per heavy atom. The standard InChI is InChI=1S/C9H12BrNOS/c1-9(2)5-13-8(11-9)6-3-4-7(10)12-6/h3-4,8,11H,5H2,1-2H3. The molecule has 1 atom stereocenters. The van der Waals surface area contributed by atoms with E-state index < -0.39 is 0 Å². The van der Waals surface area contributed by atoms with Crippen LogP contribution >= 0.6 is 27.7 Å². The summed E-state index contributed by atoms with van der Waals surface area (Å²) < 4.78 is 6.29. The van der Waals surface area contributed by atoms with Crippen LogP contribution in [0.2, 0.25) is 0 Å². The van der Waals surface area contributed by atoms with Crippen molar-refractivity contribution in [1.82, 2.24) is 5.32 Å². The van der Waals surface area contributed by atoms with Crippen LogP contribution in [0.5, 0.6) is 0 Å². The zero-order valence-corrected chi connectivity index (χ0v) is 10.0. The SMILES string of the molecule is CC1(C)CSC(c2ccc(Br)o2)N1. The Balaban J connectivity index is 2.12. The molecule has 0 bridgehead atoms. The van der Waals surface area contributed by atoms with Gasteiger partial charge in [-0.1, -0.05) is 0 Å². The highest BCUT2D eigenvalue weighted by Crippen LogP contribution is 2.38. The van der Waals surface area contributed by atoms with Crippen molar-refractivity contribution in [1.29, 1.82) is 0 Å². The molecule has 2 rings (SSSR count). The number of hydrogen-bond acceptors (Lipinski definition) is 3. The summed E-state index contributed by atoms with van der Waals surface area (Å²) in [5.74, 6) is 2.12. The van der Waals surface area contributed by atoms with Crippen LogP contribution < -0.4 is 5.32 Å². The molecule has 0 spiro atoms. The van der Waals surface area contributed by atoms with E-state index in [4.69, 9.17) is 4.42 Å². The first-order valence-electron chi connectivity index (χ1n) is 4.21. The van der Waals surface area contributed by atoms with Gasteiger partial charge in [0.1, 0.15) is 11.1 Å². The van der Waals surface area contributed by atoms with Crippen LogP contribution in [0.15, 0.2) is 21.2 Å². The highest BCUT2D eigenvalue weighted by atomic mass is 79.9. The highest BCUT2D eigenvalue weighted by molar-refractivity contribution is 9.10. The molecule has 0 aliphatic carbocycles. The second-order valence-electron chi connectivity index (χ2n) is 3.86. The highest BCUT2D eigenvalue weighted by Gasteiger charge is 2.32. The van der Waals surface area contributed by atoms with Crippen molar-refractivity contribution >= 4 is 27.7 Å². The van der Waals surface area contributed by atoms with E-state index in [1.54, 1.807) is 0 Å². The Kier molecular flexibility index (Phi) is 2.47. The Bertz CT molecular complexity index is 310. The number of nitrogens with one attached hydrogen (secondary N) is 1. The number of hydrogen-bond donors (Lipinski definition) is 1. The molecular weight excluding hydrogens is 250 g/mol. The van der Waals surface area contributed by atoms with Gasteiger partial charge in [0.05, 0.1) is 0 Å². The predicted octanol–water partition coefficient (Wildman–Crippen LogP) is 3.16. The number of halogens is 1. The lowest BCUT2D eigenvalue weighted by Gasteiger charge is -2.17. The Morgan fingerprint density at radius 3 is 2.85 bits per heavy atom. The second kappa shape index (κ2) is 3.33. The third-order valence-corrected chi connectivity index (χ3v) is 3.98. The molecule has 0 amide bonds. The monoisotopic (exact) mass is 261 g/mol. The fraction of sp³-hybridized carbons (Fsp3) is 0.556. The predicted molar refractivity (Wildman–Crippen MR) is 58.8 cm³/mol. The summed E-state index contributed by atoms with van der Waals surface area (Å²) in [5, 5.41) is 3.81. The summed E-state index contributed by atoms with van der Waals surface area (Å²) in [6.07, 6.45) is 0. The van der Waals surface area contributed by atoms with Crippen LogP contribution in [-0.2, 0) is 0 Å². The summed E-state index contributed by atoms with van der Waals surface area (Å²) in [6.45, 7) is 4.41. The molecule has 1 fully saturated rings. The van der Waals surface area contributed by atoms with Gasteiger partial charge in [-0.25, -0.2) is 0 Å². The van der Waals surface area contributed by atoms with Crippen LogP contribution in [0, 0.1) is 0 Å². The van der Waals surface area contributed by atoms with Crippen molar-refractivity contribution in [2.75, 3.05) is 5.75 Å². The van der Waals surface area contributed by atoms with Gasteiger partial charge < -0.3 is 4.42 Å². The first-order valence-corrected chi connectivity index (χ1v) is 6.05. The smallest absolute Gasteiger partial charge is 0.169 e. The summed E-state index contributed by atoms with van der Waals surface area (Å²) >= 11 is 5.19. The van der Waals surface area contributed by atoms with Crippen LogP contribution in [0.4, 0.5) is 0 Å². The Hall–Kier alpha value is 0.0700. The summed E-state index contributed by atoms with van der Waals surface area (Å²) in [5.41, 5.74) is 0.217. The molecule has 1 aromatic rings. The molecule has 1 aliphatic heterocycles. The van der Waals surface area contributed by atoms with E-state index in [2.05, 4.69) is 35.1 Å². The minimum Gasteiger partial charge on any atom is -0.452 e. The zero-order valence-electron chi connectivity index (χ0n) is 7.63. The molecule has 0 aromatic carbocycles. The maximum atomic E-state index is 5.49. The molecular formula is C9H12BrNOS. The molecule has 1 aliphatic rings. The maximum absolute atomic E-state index is 5.49. The minimum absolute atomic E-state index is 0.217. The lowest BCUT2D eigenvalue weighted by atomic mass is 10.1. The molecule has 1 saturated heterocycles. The van der Waals surface area contributed by atoms with E-state index in [9.17, 15) is 0 Å². The minimum atomic E-state index is 0.217. The molecule has 72 valence electrons. The third-order valence-electron chi connectivity index (χ3n) is 1.99. The lowest BCUT2D eigenvalue weighted by Crippen LogP contribution is -2.35. The Labute approximate surface area is 90.6 Å². The molecule has 2 nitrogen and oxygen atoms in total. The van der Waals surface area contributed by atoms with Gasteiger partial charge in [-0.05, 0) is 41.9 Å². The van der Waals surface area contributed by atoms with Crippen molar-refractivity contribution in [2.45, 2.75) is 24.8 Å². The van der Waals surface area contributed by atoms with Crippen LogP contribution in [0.3, 0.4) is 0 Å². The van der Waals surface area contributed by atoms with Crippen LogP contribution in [0.1, 0.15) is 25.0 Å². The first kappa shape index (κ1) is 9.62. The molecule has 1 aromatic heterocycles. The van der Waals surface area contributed by atoms with Gasteiger partial charge in [0.15, 0.2) is 4.67 Å². The topological polar surface area (TPSA) is 25.2 Å². The second-order valence-corrected chi connectivity index (χ2v) is 5.74. The largest absolute Gasteiger partial charge is 0.452 e. The molecule has 0 saturated carbocycles. The molecule has 2 heterocycles. The fourth-order valence-corrected chi connectivity index (χ4v) is 3.03. The molecule has 1 unspecified atom stereocenters. The van der Waals surface area contributed by atoms with E-state index in [1.807, 2.05) is 23.9 Å². The van der Waals surface area contributed by atoms with Crippen molar-refractivity contribution in [2.24, 2.45) is 0 Å². The molecule has 13 heavy (non-hydrogen) atoms. The van der Waals surface area contributed by atoms with E-state index in [0.717, 1.165) is 16.2 Å². The van der Waals surface area contributed by atoms with Crippen LogP contribution in [-0.4, -0.2) is 11.3 Å². The van der Waals surface area contributed by atoms with Gasteiger partial charge in [-0.2, -0.15) is 0 Å². The normalized spacial score (nSPS) is 26.5. The van der Waals surface area contributed by atoms with Gasteiger partial charge in [-0.3, -0.25) is 5.32 Å². The number of furan rings is 1. The van der Waals surface area contributed by atoms with Gasteiger partial charge in [-0.15, -0.1) is 11.8 Å². The molecule has 4 heteroatoms. The Morgan fingerprint density at radius 1 is 1.62 bits per heavy atom. The van der Waals surface area contributed by atoms with Gasteiger partial charge in [0.25, 0.3) is 0 Å². The van der Waals surface area contributed by atoms with Crippen molar-refractivity contribution < 1.29 is 4.42 Å². The van der Waals surface area contributed by atoms with E-state index in [1.165, 1.54) is 0 Å². The van der Waals surface area contributed by atoms with Gasteiger partial charge in [0.2, 0.25) is 0 Å². The van der Waals surface area contributed by atoms with Crippen LogP contribution in [0.25, 0.3) is 0 Å². The lowest BCUT2D eigenvalue weighted by molar-refractivity contribution is 0.402. The van der Waals surface area contributed by atoms with Gasteiger partial charge >= 0.3 is 0 Å². The van der Waals surface area contributed by atoms with Gasteiger partial charge in [0, 0.05) is 11.3 Å². The molecule has 0 radical (unpaired) electrons. The average molecular weight is 262 g/mol. The number of thioether (sulfide) groups is 1. The van der Waals surface area contributed by atoms with Crippen molar-refractivity contribution in [3.63, 3.8) is 0 Å². The van der Waals surface area contributed by atoms with E-state index >= 15 is 0 Å². The fourth-order valence-electron chi connectivity index (χ4n) is 1.35. The van der Waals surface area contributed by atoms with E-state index in [0.29, 0.717) is 5.37 Å².